The maximum absolute atomic E-state index is 6.10. The van der Waals surface area contributed by atoms with Gasteiger partial charge in [0.15, 0.2) is 11.0 Å². The van der Waals surface area contributed by atoms with E-state index in [1.165, 1.54) is 16.7 Å². The molecule has 28 heavy (non-hydrogen) atoms. The van der Waals surface area contributed by atoms with Crippen LogP contribution in [-0.4, -0.2) is 14.8 Å². The summed E-state index contributed by atoms with van der Waals surface area (Å²) in [5.74, 6) is 0.878. The highest BCUT2D eigenvalue weighted by molar-refractivity contribution is 7.99. The molecule has 0 fully saturated rings. The van der Waals surface area contributed by atoms with E-state index in [-0.39, 0.29) is 5.25 Å². The van der Waals surface area contributed by atoms with Crippen LogP contribution in [-0.2, 0) is 7.05 Å². The highest BCUT2D eigenvalue weighted by Crippen LogP contribution is 2.40. The van der Waals surface area contributed by atoms with Crippen molar-refractivity contribution in [2.24, 2.45) is 7.05 Å². The van der Waals surface area contributed by atoms with Gasteiger partial charge in [0.1, 0.15) is 0 Å². The predicted octanol–water partition coefficient (Wildman–Crippen LogP) is 6.33. The third-order valence-corrected chi connectivity index (χ3v) is 6.32. The average Bonchev–Trinajstić information content (AvgIpc) is 3.08. The molecule has 0 radical (unpaired) electrons. The van der Waals surface area contributed by atoms with Crippen LogP contribution in [0.1, 0.15) is 21.9 Å². The molecule has 0 aliphatic carbocycles. The van der Waals surface area contributed by atoms with Gasteiger partial charge in [0.05, 0.1) is 5.25 Å². The zero-order chi connectivity index (χ0) is 19.5. The van der Waals surface area contributed by atoms with Crippen molar-refractivity contribution in [3.05, 3.63) is 101 Å². The summed E-state index contributed by atoms with van der Waals surface area (Å²) in [5.41, 5.74) is 4.69. The third-order valence-electron chi connectivity index (χ3n) is 4.72. The first kappa shape index (κ1) is 18.8. The van der Waals surface area contributed by atoms with E-state index in [9.17, 15) is 0 Å². The minimum Gasteiger partial charge on any atom is -0.305 e. The number of nitrogens with zero attached hydrogens (tertiary/aromatic N) is 3. The number of hydrogen-bond donors (Lipinski definition) is 0. The minimum atomic E-state index is 0.103. The largest absolute Gasteiger partial charge is 0.305 e. The minimum absolute atomic E-state index is 0.103. The summed E-state index contributed by atoms with van der Waals surface area (Å²) in [6, 6.07) is 26.7. The van der Waals surface area contributed by atoms with Crippen LogP contribution in [0.15, 0.2) is 84.0 Å². The van der Waals surface area contributed by atoms with Crippen molar-refractivity contribution >= 4 is 23.4 Å². The molecule has 0 aliphatic rings. The van der Waals surface area contributed by atoms with Gasteiger partial charge in [-0.3, -0.25) is 0 Å². The molecule has 5 heteroatoms. The van der Waals surface area contributed by atoms with Crippen molar-refractivity contribution in [2.75, 3.05) is 0 Å². The molecule has 0 bridgehead atoms. The molecule has 0 amide bonds. The molecule has 1 heterocycles. The zero-order valence-corrected chi connectivity index (χ0v) is 17.3. The lowest BCUT2D eigenvalue weighted by atomic mass is 10.0. The second kappa shape index (κ2) is 8.21. The van der Waals surface area contributed by atoms with E-state index in [1.807, 2.05) is 37.4 Å². The summed E-state index contributed by atoms with van der Waals surface area (Å²) in [6.45, 7) is 2.09. The van der Waals surface area contributed by atoms with Crippen LogP contribution in [0.25, 0.3) is 11.4 Å². The molecule has 3 aromatic carbocycles. The Labute approximate surface area is 174 Å². The maximum atomic E-state index is 6.10. The van der Waals surface area contributed by atoms with E-state index >= 15 is 0 Å². The molecule has 140 valence electrons. The number of thioether (sulfide) groups is 1. The molecule has 0 N–H and O–H groups in total. The van der Waals surface area contributed by atoms with E-state index in [0.717, 1.165) is 21.6 Å². The first-order valence-corrected chi connectivity index (χ1v) is 10.3. The van der Waals surface area contributed by atoms with Gasteiger partial charge in [-0.2, -0.15) is 0 Å². The molecule has 0 saturated heterocycles. The number of halogens is 1. The zero-order valence-electron chi connectivity index (χ0n) is 15.7. The lowest BCUT2D eigenvalue weighted by molar-refractivity contribution is 0.791. The molecule has 0 saturated carbocycles. The fraction of sp³-hybridized carbons (Fsp3) is 0.130. The number of benzene rings is 3. The van der Waals surface area contributed by atoms with Gasteiger partial charge in [0.2, 0.25) is 0 Å². The average molecular weight is 406 g/mol. The topological polar surface area (TPSA) is 30.7 Å². The summed E-state index contributed by atoms with van der Waals surface area (Å²) in [5, 5.41) is 10.7. The van der Waals surface area contributed by atoms with Gasteiger partial charge in [-0.25, -0.2) is 0 Å². The van der Waals surface area contributed by atoms with E-state index in [2.05, 4.69) is 70.2 Å². The molecule has 1 aromatic heterocycles. The number of aryl methyl sites for hydroxylation is 1. The van der Waals surface area contributed by atoms with E-state index < -0.39 is 0 Å². The van der Waals surface area contributed by atoms with Gasteiger partial charge < -0.3 is 4.57 Å². The Bertz CT molecular complexity index is 1070. The van der Waals surface area contributed by atoms with Crippen molar-refractivity contribution < 1.29 is 0 Å². The lowest BCUT2D eigenvalue weighted by Gasteiger charge is -2.17. The molecule has 0 unspecified atom stereocenters. The molecule has 4 rings (SSSR count). The molecular weight excluding hydrogens is 386 g/mol. The molecule has 0 spiro atoms. The van der Waals surface area contributed by atoms with Crippen molar-refractivity contribution in [3.63, 3.8) is 0 Å². The first-order chi connectivity index (χ1) is 13.6. The van der Waals surface area contributed by atoms with Crippen LogP contribution in [0.3, 0.4) is 0 Å². The van der Waals surface area contributed by atoms with Crippen molar-refractivity contribution in [1.29, 1.82) is 0 Å². The third kappa shape index (κ3) is 3.84. The molecule has 1 atom stereocenters. The van der Waals surface area contributed by atoms with Gasteiger partial charge in [-0.15, -0.1) is 10.2 Å². The number of hydrogen-bond acceptors (Lipinski definition) is 3. The summed E-state index contributed by atoms with van der Waals surface area (Å²) in [6.07, 6.45) is 0. The predicted molar refractivity (Wildman–Crippen MR) is 117 cm³/mol. The summed E-state index contributed by atoms with van der Waals surface area (Å²) in [4.78, 5) is 0. The van der Waals surface area contributed by atoms with Gasteiger partial charge in [-0.1, -0.05) is 90.1 Å². The quantitative estimate of drug-likeness (QED) is 0.363. The van der Waals surface area contributed by atoms with Crippen LogP contribution >= 0.6 is 23.4 Å². The molecule has 3 nitrogen and oxygen atoms in total. The summed E-state index contributed by atoms with van der Waals surface area (Å²) in [7, 11) is 2.02. The molecule has 0 aliphatic heterocycles. The SMILES string of the molecule is Cc1ccccc1-c1nnc(S[C@H](c2ccccc2)c2ccc(Cl)cc2)n1C. The van der Waals surface area contributed by atoms with Crippen molar-refractivity contribution in [2.45, 2.75) is 17.3 Å². The molecular formula is C23H20ClN3S. The second-order valence-electron chi connectivity index (χ2n) is 6.64. The van der Waals surface area contributed by atoms with Gasteiger partial charge in [0, 0.05) is 17.6 Å². The lowest BCUT2D eigenvalue weighted by Crippen LogP contribution is -2.01. The standard InChI is InChI=1S/C23H20ClN3S/c1-16-8-6-7-11-20(16)22-25-26-23(27(22)2)28-21(17-9-4-3-5-10-17)18-12-14-19(24)15-13-18/h3-15,21H,1-2H3/t21-/m1/s1. The monoisotopic (exact) mass is 405 g/mol. The van der Waals surface area contributed by atoms with Gasteiger partial charge in [-0.05, 0) is 35.7 Å². The maximum Gasteiger partial charge on any atom is 0.192 e. The van der Waals surface area contributed by atoms with Gasteiger partial charge >= 0.3 is 0 Å². The van der Waals surface area contributed by atoms with E-state index in [4.69, 9.17) is 11.6 Å². The fourth-order valence-electron chi connectivity index (χ4n) is 3.18. The second-order valence-corrected chi connectivity index (χ2v) is 8.15. The fourth-order valence-corrected chi connectivity index (χ4v) is 4.43. The van der Waals surface area contributed by atoms with Crippen LogP contribution in [0.5, 0.6) is 0 Å². The number of aromatic nitrogens is 3. The van der Waals surface area contributed by atoms with Crippen molar-refractivity contribution in [1.82, 2.24) is 14.8 Å². The van der Waals surface area contributed by atoms with Gasteiger partial charge in [0.25, 0.3) is 0 Å². The Morgan fingerprint density at radius 3 is 2.18 bits per heavy atom. The highest BCUT2D eigenvalue weighted by Gasteiger charge is 2.20. The van der Waals surface area contributed by atoms with Crippen LogP contribution in [0.2, 0.25) is 5.02 Å². The Morgan fingerprint density at radius 2 is 1.46 bits per heavy atom. The Balaban J connectivity index is 1.72. The van der Waals surface area contributed by atoms with Crippen LogP contribution in [0.4, 0.5) is 0 Å². The van der Waals surface area contributed by atoms with Crippen LogP contribution in [0, 0.1) is 6.92 Å². The Kier molecular flexibility index (Phi) is 5.51. The Hall–Kier alpha value is -2.56. The van der Waals surface area contributed by atoms with E-state index in [1.54, 1.807) is 11.8 Å². The summed E-state index contributed by atoms with van der Waals surface area (Å²) >= 11 is 7.80. The number of rotatable bonds is 5. The van der Waals surface area contributed by atoms with Crippen LogP contribution < -0.4 is 0 Å². The Morgan fingerprint density at radius 1 is 0.821 bits per heavy atom. The smallest absolute Gasteiger partial charge is 0.192 e. The van der Waals surface area contributed by atoms with Crippen molar-refractivity contribution in [3.8, 4) is 11.4 Å². The summed E-state index contributed by atoms with van der Waals surface area (Å²) < 4.78 is 2.07. The normalized spacial score (nSPS) is 12.1. The highest BCUT2D eigenvalue weighted by atomic mass is 35.5. The van der Waals surface area contributed by atoms with E-state index in [0.29, 0.717) is 0 Å². The molecule has 4 aromatic rings. The first-order valence-electron chi connectivity index (χ1n) is 9.06.